The minimum atomic E-state index is -0.539. The summed E-state index contributed by atoms with van der Waals surface area (Å²) in [6.07, 6.45) is 16.0. The van der Waals surface area contributed by atoms with Gasteiger partial charge >= 0.3 is 0 Å². The van der Waals surface area contributed by atoms with Gasteiger partial charge in [0.2, 0.25) is 0 Å². The molecule has 2 heteroatoms. The van der Waals surface area contributed by atoms with E-state index in [0.29, 0.717) is 23.2 Å². The minimum Gasteiger partial charge on any atom is -0.389 e. The molecule has 5 fully saturated rings. The van der Waals surface area contributed by atoms with E-state index in [0.717, 1.165) is 37.8 Å². The molecule has 2 N–H and O–H groups in total. The molecule has 7 atom stereocenters. The molecule has 27 heavy (non-hydrogen) atoms. The summed E-state index contributed by atoms with van der Waals surface area (Å²) in [5, 5.41) is 15.3. The van der Waals surface area contributed by atoms with Crippen molar-refractivity contribution >= 4 is 0 Å². The van der Waals surface area contributed by atoms with Crippen LogP contribution in [0.5, 0.6) is 0 Å². The van der Waals surface area contributed by atoms with E-state index in [1.54, 1.807) is 0 Å². The molecular formula is C25H39NO. The van der Waals surface area contributed by atoms with E-state index < -0.39 is 5.60 Å². The highest BCUT2D eigenvalue weighted by Crippen LogP contribution is 2.68. The molecule has 0 bridgehead atoms. The van der Waals surface area contributed by atoms with E-state index in [4.69, 9.17) is 0 Å². The highest BCUT2D eigenvalue weighted by Gasteiger charge is 2.63. The zero-order valence-electron chi connectivity index (χ0n) is 17.5. The molecule has 0 aromatic heterocycles. The Labute approximate surface area is 165 Å². The van der Waals surface area contributed by atoms with Gasteiger partial charge in [0.1, 0.15) is 0 Å². The van der Waals surface area contributed by atoms with Crippen LogP contribution in [0.1, 0.15) is 71.6 Å². The van der Waals surface area contributed by atoms with Crippen molar-refractivity contribution in [2.24, 2.45) is 40.4 Å². The highest BCUT2D eigenvalue weighted by molar-refractivity contribution is 5.25. The summed E-state index contributed by atoms with van der Waals surface area (Å²) in [7, 11) is 0. The first-order valence-electron chi connectivity index (χ1n) is 11.6. The second kappa shape index (κ2) is 6.20. The fourth-order valence-electron chi connectivity index (χ4n) is 8.12. The number of aliphatic hydroxyl groups is 1. The molecule has 0 aromatic carbocycles. The van der Waals surface area contributed by atoms with E-state index in [1.165, 1.54) is 50.5 Å². The Morgan fingerprint density at radius 3 is 2.52 bits per heavy atom. The summed E-state index contributed by atoms with van der Waals surface area (Å²) < 4.78 is 0. The predicted octanol–water partition coefficient (Wildman–Crippen LogP) is 5.09. The van der Waals surface area contributed by atoms with E-state index in [9.17, 15) is 5.11 Å². The van der Waals surface area contributed by atoms with Crippen LogP contribution in [0.4, 0.5) is 0 Å². The smallest absolute Gasteiger partial charge is 0.0746 e. The maximum Gasteiger partial charge on any atom is 0.0746 e. The second-order valence-corrected chi connectivity index (χ2v) is 11.4. The molecule has 0 aromatic rings. The Bertz CT molecular complexity index is 651. The zero-order chi connectivity index (χ0) is 18.9. The Kier molecular flexibility index (Phi) is 4.23. The molecule has 5 rings (SSSR count). The van der Waals surface area contributed by atoms with E-state index in [2.05, 4.69) is 37.9 Å². The number of fused-ring (bicyclic) bond motifs is 5. The normalized spacial score (nSPS) is 52.9. The SMILES string of the molecule is C=C1C[C@@]2(O)C[C@H](/C=C\C3CNC3)CC[C@]2(C)[C@H]2CC[C@]3(C)CCC[C@H]3[C@H]12. The van der Waals surface area contributed by atoms with Crippen molar-refractivity contribution in [3.05, 3.63) is 24.3 Å². The average Bonchev–Trinajstić information content (AvgIpc) is 2.96. The van der Waals surface area contributed by atoms with Crippen LogP contribution in [0.25, 0.3) is 0 Å². The minimum absolute atomic E-state index is 0.0884. The number of hydrogen-bond donors (Lipinski definition) is 2. The average molecular weight is 370 g/mol. The molecule has 4 aliphatic carbocycles. The van der Waals surface area contributed by atoms with Gasteiger partial charge in [0.15, 0.2) is 0 Å². The van der Waals surface area contributed by atoms with Gasteiger partial charge in [-0.15, -0.1) is 0 Å². The second-order valence-electron chi connectivity index (χ2n) is 11.4. The van der Waals surface area contributed by atoms with Crippen molar-refractivity contribution in [1.29, 1.82) is 0 Å². The van der Waals surface area contributed by atoms with Gasteiger partial charge in [-0.25, -0.2) is 0 Å². The number of rotatable bonds is 2. The van der Waals surface area contributed by atoms with Crippen molar-refractivity contribution in [2.75, 3.05) is 13.1 Å². The van der Waals surface area contributed by atoms with Crippen LogP contribution in [-0.2, 0) is 0 Å². The van der Waals surface area contributed by atoms with Crippen LogP contribution in [0.3, 0.4) is 0 Å². The molecule has 1 aliphatic heterocycles. The van der Waals surface area contributed by atoms with Crippen LogP contribution in [0.2, 0.25) is 0 Å². The lowest BCUT2D eigenvalue weighted by Crippen LogP contribution is -2.62. The van der Waals surface area contributed by atoms with Crippen LogP contribution < -0.4 is 5.32 Å². The Balaban J connectivity index is 1.40. The molecule has 1 saturated heterocycles. The molecule has 1 heterocycles. The van der Waals surface area contributed by atoms with Gasteiger partial charge in [-0.3, -0.25) is 0 Å². The molecule has 0 unspecified atom stereocenters. The molecule has 4 saturated carbocycles. The summed E-state index contributed by atoms with van der Waals surface area (Å²) in [5.41, 5.74) is 1.49. The summed E-state index contributed by atoms with van der Waals surface area (Å²) in [4.78, 5) is 0. The highest BCUT2D eigenvalue weighted by atomic mass is 16.3. The fraction of sp³-hybridized carbons (Fsp3) is 0.840. The first-order valence-corrected chi connectivity index (χ1v) is 11.6. The molecule has 2 nitrogen and oxygen atoms in total. The Morgan fingerprint density at radius 1 is 1.00 bits per heavy atom. The van der Waals surface area contributed by atoms with Gasteiger partial charge < -0.3 is 10.4 Å². The molecule has 0 radical (unpaired) electrons. The molecule has 0 spiro atoms. The molecule has 5 aliphatic rings. The monoisotopic (exact) mass is 369 g/mol. The molecule has 150 valence electrons. The maximum atomic E-state index is 12.0. The summed E-state index contributed by atoms with van der Waals surface area (Å²) in [6, 6.07) is 0. The van der Waals surface area contributed by atoms with Crippen LogP contribution in [0.15, 0.2) is 24.3 Å². The lowest BCUT2D eigenvalue weighted by Gasteiger charge is -2.64. The lowest BCUT2D eigenvalue weighted by molar-refractivity contribution is -0.189. The van der Waals surface area contributed by atoms with Crippen molar-refractivity contribution < 1.29 is 5.11 Å². The van der Waals surface area contributed by atoms with Crippen molar-refractivity contribution in [1.82, 2.24) is 5.32 Å². The number of allylic oxidation sites excluding steroid dienone is 1. The van der Waals surface area contributed by atoms with Gasteiger partial charge in [-0.05, 0) is 80.5 Å². The largest absolute Gasteiger partial charge is 0.389 e. The number of hydrogen-bond acceptors (Lipinski definition) is 2. The Hall–Kier alpha value is -0.600. The van der Waals surface area contributed by atoms with Crippen molar-refractivity contribution in [2.45, 2.75) is 77.2 Å². The van der Waals surface area contributed by atoms with Crippen LogP contribution >= 0.6 is 0 Å². The van der Waals surface area contributed by atoms with E-state index in [1.807, 2.05) is 0 Å². The first kappa shape index (κ1) is 18.4. The van der Waals surface area contributed by atoms with Gasteiger partial charge in [0.05, 0.1) is 5.60 Å². The zero-order valence-corrected chi connectivity index (χ0v) is 17.5. The first-order chi connectivity index (χ1) is 12.8. The quantitative estimate of drug-likeness (QED) is 0.664. The lowest BCUT2D eigenvalue weighted by atomic mass is 9.42. The van der Waals surface area contributed by atoms with E-state index in [-0.39, 0.29) is 5.41 Å². The molecule has 0 amide bonds. The predicted molar refractivity (Wildman–Crippen MR) is 111 cm³/mol. The standard InChI is InChI=1S/C25H39NO/c1-17-13-25(27)14-18(6-7-19-15-26-16-19)8-12-24(25,3)21-9-11-23(2)10-4-5-20(23)22(17)21/h6-7,18-22,26-27H,1,4-5,8-16H2,2-3H3/b7-6-/t18-,20+,21+,22+,23+,24-,25-/m1/s1. The third kappa shape index (κ3) is 2.65. The van der Waals surface area contributed by atoms with Crippen molar-refractivity contribution in [3.8, 4) is 0 Å². The summed E-state index contributed by atoms with van der Waals surface area (Å²) >= 11 is 0. The molecular weight excluding hydrogens is 330 g/mol. The van der Waals surface area contributed by atoms with Crippen molar-refractivity contribution in [3.63, 3.8) is 0 Å². The third-order valence-corrected chi connectivity index (χ3v) is 10.0. The van der Waals surface area contributed by atoms with E-state index >= 15 is 0 Å². The van der Waals surface area contributed by atoms with Gasteiger partial charge in [-0.2, -0.15) is 0 Å². The maximum absolute atomic E-state index is 12.0. The van der Waals surface area contributed by atoms with Gasteiger partial charge in [-0.1, -0.05) is 44.6 Å². The summed E-state index contributed by atoms with van der Waals surface area (Å²) in [5.74, 6) is 3.42. The Morgan fingerprint density at radius 2 is 1.78 bits per heavy atom. The third-order valence-electron chi connectivity index (χ3n) is 10.0. The topological polar surface area (TPSA) is 32.3 Å². The summed E-state index contributed by atoms with van der Waals surface area (Å²) in [6.45, 7) is 11.9. The van der Waals surface area contributed by atoms with Gasteiger partial charge in [0, 0.05) is 24.4 Å². The number of nitrogens with one attached hydrogen (secondary N) is 1. The van der Waals surface area contributed by atoms with Gasteiger partial charge in [0.25, 0.3) is 0 Å². The van der Waals surface area contributed by atoms with Crippen LogP contribution in [0, 0.1) is 40.4 Å². The van der Waals surface area contributed by atoms with Crippen LogP contribution in [-0.4, -0.2) is 23.8 Å². The fourth-order valence-corrected chi connectivity index (χ4v) is 8.12.